The molecule has 0 radical (unpaired) electrons. The number of fused-ring (bicyclic) bond motifs is 1. The maximum absolute atomic E-state index is 6.16. The molecule has 3 rings (SSSR count). The van der Waals surface area contributed by atoms with E-state index in [2.05, 4.69) is 5.10 Å². The van der Waals surface area contributed by atoms with E-state index in [1.165, 1.54) is 0 Å². The summed E-state index contributed by atoms with van der Waals surface area (Å²) in [7, 11) is 0. The zero-order chi connectivity index (χ0) is 11.8. The quantitative estimate of drug-likeness (QED) is 0.772. The molecule has 2 aromatic rings. The topological polar surface area (TPSA) is 69.9 Å². The molecule has 4 heteroatoms. The number of nitrogen functional groups attached to an aromatic ring is 1. The van der Waals surface area contributed by atoms with E-state index in [1.54, 1.807) is 0 Å². The van der Waals surface area contributed by atoms with Crippen LogP contribution in [0.4, 0.5) is 5.82 Å². The van der Waals surface area contributed by atoms with Gasteiger partial charge in [-0.05, 0) is 31.4 Å². The third-order valence-corrected chi connectivity index (χ3v) is 3.33. The van der Waals surface area contributed by atoms with Gasteiger partial charge >= 0.3 is 0 Å². The monoisotopic (exact) mass is 228 g/mol. The summed E-state index contributed by atoms with van der Waals surface area (Å²) in [5.41, 5.74) is 15.4. The van der Waals surface area contributed by atoms with Gasteiger partial charge in [0, 0.05) is 11.6 Å². The molecule has 4 nitrogen and oxygen atoms in total. The molecule has 0 amide bonds. The largest absolute Gasteiger partial charge is 0.383 e. The highest BCUT2D eigenvalue weighted by Gasteiger charge is 2.23. The number of para-hydroxylation sites is 1. The molecule has 88 valence electrons. The van der Waals surface area contributed by atoms with Crippen LogP contribution in [0.15, 0.2) is 30.3 Å². The van der Waals surface area contributed by atoms with Gasteiger partial charge in [0.25, 0.3) is 0 Å². The molecule has 0 fully saturated rings. The van der Waals surface area contributed by atoms with Crippen LogP contribution >= 0.6 is 0 Å². The lowest BCUT2D eigenvalue weighted by atomic mass is 9.94. The Morgan fingerprint density at radius 3 is 2.76 bits per heavy atom. The van der Waals surface area contributed by atoms with Crippen molar-refractivity contribution in [2.75, 3.05) is 5.73 Å². The average molecular weight is 228 g/mol. The van der Waals surface area contributed by atoms with Gasteiger partial charge in [0.1, 0.15) is 5.82 Å². The van der Waals surface area contributed by atoms with Gasteiger partial charge in [0.15, 0.2) is 0 Å². The summed E-state index contributed by atoms with van der Waals surface area (Å²) in [6, 6.07) is 10.2. The molecular formula is C13H16N4. The predicted molar refractivity (Wildman–Crippen MR) is 68.0 cm³/mol. The van der Waals surface area contributed by atoms with Crippen molar-refractivity contribution in [1.82, 2.24) is 9.78 Å². The van der Waals surface area contributed by atoms with Crippen molar-refractivity contribution in [3.63, 3.8) is 0 Å². The molecule has 1 aliphatic rings. The maximum Gasteiger partial charge on any atom is 0.130 e. The standard InChI is InChI=1S/C13H16N4/c14-9-6-7-12-11(8-9)13(15)17(16-12)10-4-2-1-3-5-10/h1-5,9H,6-8,14-15H2. The average Bonchev–Trinajstić information content (AvgIpc) is 2.68. The molecule has 1 aromatic carbocycles. The van der Waals surface area contributed by atoms with Gasteiger partial charge in [-0.25, -0.2) is 4.68 Å². The zero-order valence-corrected chi connectivity index (χ0v) is 9.63. The summed E-state index contributed by atoms with van der Waals surface area (Å²) in [5, 5.41) is 4.59. The summed E-state index contributed by atoms with van der Waals surface area (Å²) in [5.74, 6) is 0.737. The lowest BCUT2D eigenvalue weighted by Crippen LogP contribution is -2.27. The summed E-state index contributed by atoms with van der Waals surface area (Å²) < 4.78 is 1.82. The molecule has 4 N–H and O–H groups in total. The number of benzene rings is 1. The highest BCUT2D eigenvalue weighted by atomic mass is 15.3. The number of anilines is 1. The minimum Gasteiger partial charge on any atom is -0.383 e. The highest BCUT2D eigenvalue weighted by molar-refractivity contribution is 5.51. The first kappa shape index (κ1) is 10.4. The Labute approximate surface area is 100 Å². The number of aromatic nitrogens is 2. The molecular weight excluding hydrogens is 212 g/mol. The fourth-order valence-corrected chi connectivity index (χ4v) is 2.39. The number of aryl methyl sites for hydroxylation is 1. The van der Waals surface area contributed by atoms with Gasteiger partial charge in [-0.3, -0.25) is 0 Å². The van der Waals surface area contributed by atoms with Crippen molar-refractivity contribution < 1.29 is 0 Å². The Balaban J connectivity index is 2.08. The summed E-state index contributed by atoms with van der Waals surface area (Å²) in [4.78, 5) is 0. The molecule has 0 saturated carbocycles. The van der Waals surface area contributed by atoms with Crippen LogP contribution in [0.25, 0.3) is 5.69 Å². The van der Waals surface area contributed by atoms with Crippen LogP contribution in [0.3, 0.4) is 0 Å². The van der Waals surface area contributed by atoms with E-state index in [0.717, 1.165) is 42.0 Å². The Kier molecular flexibility index (Phi) is 2.37. The lowest BCUT2D eigenvalue weighted by molar-refractivity contribution is 0.571. The van der Waals surface area contributed by atoms with Crippen LogP contribution in [0.5, 0.6) is 0 Å². The third-order valence-electron chi connectivity index (χ3n) is 3.33. The number of rotatable bonds is 1. The highest BCUT2D eigenvalue weighted by Crippen LogP contribution is 2.27. The SMILES string of the molecule is Nc1c2c(nn1-c1ccccc1)CCC(N)C2. The van der Waals surface area contributed by atoms with E-state index < -0.39 is 0 Å². The van der Waals surface area contributed by atoms with Crippen LogP contribution in [-0.2, 0) is 12.8 Å². The van der Waals surface area contributed by atoms with Gasteiger partial charge in [-0.15, -0.1) is 0 Å². The minimum absolute atomic E-state index is 0.221. The van der Waals surface area contributed by atoms with Gasteiger partial charge in [0.05, 0.1) is 11.4 Å². The fraction of sp³-hybridized carbons (Fsp3) is 0.308. The van der Waals surface area contributed by atoms with Crippen molar-refractivity contribution >= 4 is 5.82 Å². The normalized spacial score (nSPS) is 19.0. The van der Waals surface area contributed by atoms with Crippen LogP contribution in [0.1, 0.15) is 17.7 Å². The van der Waals surface area contributed by atoms with E-state index in [4.69, 9.17) is 11.5 Å². The zero-order valence-electron chi connectivity index (χ0n) is 9.63. The number of hydrogen-bond acceptors (Lipinski definition) is 3. The van der Waals surface area contributed by atoms with Crippen molar-refractivity contribution in [2.24, 2.45) is 5.73 Å². The van der Waals surface area contributed by atoms with E-state index in [1.807, 2.05) is 35.0 Å². The third kappa shape index (κ3) is 1.70. The molecule has 0 aliphatic heterocycles. The van der Waals surface area contributed by atoms with Crippen molar-refractivity contribution in [3.8, 4) is 5.69 Å². The molecule has 0 bridgehead atoms. The van der Waals surface area contributed by atoms with E-state index in [-0.39, 0.29) is 6.04 Å². The van der Waals surface area contributed by atoms with Crippen LogP contribution in [0, 0.1) is 0 Å². The summed E-state index contributed by atoms with van der Waals surface area (Å²) >= 11 is 0. The lowest BCUT2D eigenvalue weighted by Gasteiger charge is -2.16. The van der Waals surface area contributed by atoms with Gasteiger partial charge < -0.3 is 11.5 Å². The summed E-state index contributed by atoms with van der Waals surface area (Å²) in [6.45, 7) is 0. The van der Waals surface area contributed by atoms with Gasteiger partial charge in [-0.1, -0.05) is 18.2 Å². The first-order valence-electron chi connectivity index (χ1n) is 5.93. The minimum atomic E-state index is 0.221. The Morgan fingerprint density at radius 1 is 1.24 bits per heavy atom. The number of nitrogens with two attached hydrogens (primary N) is 2. The molecule has 1 heterocycles. The van der Waals surface area contributed by atoms with Crippen LogP contribution < -0.4 is 11.5 Å². The molecule has 1 atom stereocenters. The molecule has 0 spiro atoms. The second-order valence-electron chi connectivity index (χ2n) is 4.56. The smallest absolute Gasteiger partial charge is 0.130 e. The summed E-state index contributed by atoms with van der Waals surface area (Å²) in [6.07, 6.45) is 2.77. The second kappa shape index (κ2) is 3.89. The second-order valence-corrected chi connectivity index (χ2v) is 4.56. The van der Waals surface area contributed by atoms with Gasteiger partial charge in [0.2, 0.25) is 0 Å². The predicted octanol–water partition coefficient (Wildman–Crippen LogP) is 1.27. The Morgan fingerprint density at radius 2 is 2.00 bits per heavy atom. The van der Waals surface area contributed by atoms with E-state index in [0.29, 0.717) is 0 Å². The Hall–Kier alpha value is -1.81. The first-order valence-corrected chi connectivity index (χ1v) is 5.93. The van der Waals surface area contributed by atoms with Crippen molar-refractivity contribution in [3.05, 3.63) is 41.6 Å². The molecule has 1 aromatic heterocycles. The molecule has 0 saturated heterocycles. The number of nitrogens with zero attached hydrogens (tertiary/aromatic N) is 2. The molecule has 17 heavy (non-hydrogen) atoms. The van der Waals surface area contributed by atoms with E-state index >= 15 is 0 Å². The molecule has 1 unspecified atom stereocenters. The van der Waals surface area contributed by atoms with Crippen LogP contribution in [0.2, 0.25) is 0 Å². The maximum atomic E-state index is 6.16. The first-order chi connectivity index (χ1) is 8.25. The van der Waals surface area contributed by atoms with Crippen molar-refractivity contribution in [2.45, 2.75) is 25.3 Å². The van der Waals surface area contributed by atoms with E-state index in [9.17, 15) is 0 Å². The van der Waals surface area contributed by atoms with Crippen LogP contribution in [-0.4, -0.2) is 15.8 Å². The Bertz CT molecular complexity index is 530. The van der Waals surface area contributed by atoms with Crippen molar-refractivity contribution in [1.29, 1.82) is 0 Å². The molecule has 1 aliphatic carbocycles. The fourth-order valence-electron chi connectivity index (χ4n) is 2.39. The van der Waals surface area contributed by atoms with Gasteiger partial charge in [-0.2, -0.15) is 5.10 Å². The number of hydrogen-bond donors (Lipinski definition) is 2.